The molecule has 4 heteroatoms. The molecule has 13 heavy (non-hydrogen) atoms. The van der Waals surface area contributed by atoms with Crippen molar-refractivity contribution < 1.29 is 0 Å². The summed E-state index contributed by atoms with van der Waals surface area (Å²) in [5.41, 5.74) is 2.83. The van der Waals surface area contributed by atoms with Crippen molar-refractivity contribution in [3.05, 3.63) is 29.2 Å². The Balaban J connectivity index is 2.91. The summed E-state index contributed by atoms with van der Waals surface area (Å²) in [6, 6.07) is 5.82. The third-order valence-corrected chi connectivity index (χ3v) is 1.89. The number of fused-ring (bicyclic) bond motifs is 1. The van der Waals surface area contributed by atoms with Crippen molar-refractivity contribution in [3.63, 3.8) is 0 Å². The van der Waals surface area contributed by atoms with Crippen molar-refractivity contribution in [2.45, 2.75) is 13.8 Å². The molecular weight excluding hydrogens is 164 g/mol. The summed E-state index contributed by atoms with van der Waals surface area (Å²) in [5.74, 6) is 0. The SMILES string of the molecule is Cc1ccc2nc(C)c(C#N)n2n1. The summed E-state index contributed by atoms with van der Waals surface area (Å²) < 4.78 is 1.57. The van der Waals surface area contributed by atoms with E-state index in [9.17, 15) is 0 Å². The Morgan fingerprint density at radius 1 is 1.38 bits per heavy atom. The zero-order valence-electron chi connectivity index (χ0n) is 7.44. The normalized spacial score (nSPS) is 10.2. The quantitative estimate of drug-likeness (QED) is 0.600. The van der Waals surface area contributed by atoms with Gasteiger partial charge < -0.3 is 0 Å². The van der Waals surface area contributed by atoms with Crippen molar-refractivity contribution >= 4 is 5.65 Å². The lowest BCUT2D eigenvalue weighted by molar-refractivity contribution is 0.886. The highest BCUT2D eigenvalue weighted by atomic mass is 15.3. The maximum absolute atomic E-state index is 8.85. The summed E-state index contributed by atoms with van der Waals surface area (Å²) >= 11 is 0. The molecule has 0 aliphatic heterocycles. The summed E-state index contributed by atoms with van der Waals surface area (Å²) in [4.78, 5) is 4.20. The number of aromatic nitrogens is 3. The fraction of sp³-hybridized carbons (Fsp3) is 0.222. The molecule has 0 N–H and O–H groups in total. The molecule has 0 fully saturated rings. The van der Waals surface area contributed by atoms with Gasteiger partial charge in [-0.2, -0.15) is 10.4 Å². The number of rotatable bonds is 0. The summed E-state index contributed by atoms with van der Waals surface area (Å²) in [6.45, 7) is 3.69. The average Bonchev–Trinajstić information content (AvgIpc) is 2.40. The van der Waals surface area contributed by atoms with Crippen LogP contribution in [0.2, 0.25) is 0 Å². The minimum Gasteiger partial charge on any atom is -0.231 e. The molecule has 0 amide bonds. The fourth-order valence-corrected chi connectivity index (χ4v) is 1.26. The molecule has 2 aromatic rings. The zero-order valence-corrected chi connectivity index (χ0v) is 7.44. The lowest BCUT2D eigenvalue weighted by Gasteiger charge is -1.94. The van der Waals surface area contributed by atoms with Crippen LogP contribution in [0.1, 0.15) is 17.1 Å². The first kappa shape index (κ1) is 7.74. The highest BCUT2D eigenvalue weighted by molar-refractivity contribution is 5.45. The maximum Gasteiger partial charge on any atom is 0.165 e. The molecule has 0 radical (unpaired) electrons. The summed E-state index contributed by atoms with van der Waals surface area (Å²) in [5, 5.41) is 13.0. The number of hydrogen-bond donors (Lipinski definition) is 0. The molecule has 64 valence electrons. The third-order valence-electron chi connectivity index (χ3n) is 1.89. The fourth-order valence-electron chi connectivity index (χ4n) is 1.26. The monoisotopic (exact) mass is 172 g/mol. The van der Waals surface area contributed by atoms with Gasteiger partial charge in [0.1, 0.15) is 6.07 Å². The second-order valence-electron chi connectivity index (χ2n) is 2.90. The van der Waals surface area contributed by atoms with Gasteiger partial charge in [-0.05, 0) is 26.0 Å². The third kappa shape index (κ3) is 1.05. The van der Waals surface area contributed by atoms with Gasteiger partial charge in [0.25, 0.3) is 0 Å². The maximum atomic E-state index is 8.85. The Bertz CT molecular complexity index is 504. The van der Waals surface area contributed by atoms with Crippen molar-refractivity contribution in [1.82, 2.24) is 14.6 Å². The van der Waals surface area contributed by atoms with E-state index in [0.29, 0.717) is 5.69 Å². The van der Waals surface area contributed by atoms with Crippen LogP contribution in [0.15, 0.2) is 12.1 Å². The van der Waals surface area contributed by atoms with Crippen molar-refractivity contribution in [1.29, 1.82) is 5.26 Å². The molecule has 2 rings (SSSR count). The van der Waals surface area contributed by atoms with Crippen LogP contribution in [-0.4, -0.2) is 14.6 Å². The first-order chi connectivity index (χ1) is 6.22. The predicted molar refractivity (Wildman–Crippen MR) is 47.2 cm³/mol. The predicted octanol–water partition coefficient (Wildman–Crippen LogP) is 1.22. The number of nitrogens with zero attached hydrogens (tertiary/aromatic N) is 4. The molecule has 0 unspecified atom stereocenters. The molecular formula is C9H8N4. The molecule has 0 saturated carbocycles. The Labute approximate surface area is 75.4 Å². The molecule has 2 heterocycles. The van der Waals surface area contributed by atoms with E-state index in [2.05, 4.69) is 16.2 Å². The van der Waals surface area contributed by atoms with Gasteiger partial charge in [0.2, 0.25) is 0 Å². The molecule has 0 aliphatic carbocycles. The smallest absolute Gasteiger partial charge is 0.165 e. The highest BCUT2D eigenvalue weighted by Gasteiger charge is 2.07. The Morgan fingerprint density at radius 2 is 2.15 bits per heavy atom. The first-order valence-corrected chi connectivity index (χ1v) is 3.95. The minimum absolute atomic E-state index is 0.513. The van der Waals surface area contributed by atoms with Crippen LogP contribution < -0.4 is 0 Å². The van der Waals surface area contributed by atoms with Gasteiger partial charge in [-0.25, -0.2) is 9.50 Å². The van der Waals surface area contributed by atoms with Crippen LogP contribution in [0.4, 0.5) is 0 Å². The molecule has 0 saturated heterocycles. The molecule has 0 aromatic carbocycles. The zero-order chi connectivity index (χ0) is 9.42. The van der Waals surface area contributed by atoms with E-state index in [0.717, 1.165) is 17.0 Å². The van der Waals surface area contributed by atoms with Crippen LogP contribution in [0.25, 0.3) is 5.65 Å². The van der Waals surface area contributed by atoms with E-state index in [4.69, 9.17) is 5.26 Å². The topological polar surface area (TPSA) is 54.0 Å². The summed E-state index contributed by atoms with van der Waals surface area (Å²) in [6.07, 6.45) is 0. The second kappa shape index (κ2) is 2.56. The van der Waals surface area contributed by atoms with E-state index in [-0.39, 0.29) is 0 Å². The van der Waals surface area contributed by atoms with Crippen LogP contribution in [0.5, 0.6) is 0 Å². The molecule has 0 aliphatic rings. The molecule has 0 spiro atoms. The van der Waals surface area contributed by atoms with Gasteiger partial charge in [-0.3, -0.25) is 0 Å². The van der Waals surface area contributed by atoms with Gasteiger partial charge in [0, 0.05) is 0 Å². The van der Waals surface area contributed by atoms with E-state index in [1.807, 2.05) is 26.0 Å². The van der Waals surface area contributed by atoms with Crippen LogP contribution in [-0.2, 0) is 0 Å². The Morgan fingerprint density at radius 3 is 2.85 bits per heavy atom. The lowest BCUT2D eigenvalue weighted by atomic mass is 10.4. The number of nitriles is 1. The Kier molecular flexibility index (Phi) is 1.52. The largest absolute Gasteiger partial charge is 0.231 e. The van der Waals surface area contributed by atoms with Gasteiger partial charge in [0.05, 0.1) is 11.4 Å². The number of aryl methyl sites for hydroxylation is 2. The molecule has 2 aromatic heterocycles. The van der Waals surface area contributed by atoms with Crippen molar-refractivity contribution in [2.24, 2.45) is 0 Å². The second-order valence-corrected chi connectivity index (χ2v) is 2.90. The molecule has 0 atom stereocenters. The average molecular weight is 172 g/mol. The highest BCUT2D eigenvalue weighted by Crippen LogP contribution is 2.09. The summed E-state index contributed by atoms with van der Waals surface area (Å²) in [7, 11) is 0. The standard InChI is InChI=1S/C9H8N4/c1-6-3-4-9-11-7(2)8(5-10)13(9)12-6/h3-4H,1-2H3. The van der Waals surface area contributed by atoms with Crippen LogP contribution in [0.3, 0.4) is 0 Å². The van der Waals surface area contributed by atoms with Crippen LogP contribution in [0, 0.1) is 25.2 Å². The first-order valence-electron chi connectivity index (χ1n) is 3.95. The van der Waals surface area contributed by atoms with E-state index >= 15 is 0 Å². The van der Waals surface area contributed by atoms with E-state index in [1.165, 1.54) is 0 Å². The van der Waals surface area contributed by atoms with Crippen molar-refractivity contribution in [3.8, 4) is 6.07 Å². The van der Waals surface area contributed by atoms with Gasteiger partial charge in [-0.1, -0.05) is 0 Å². The van der Waals surface area contributed by atoms with Gasteiger partial charge >= 0.3 is 0 Å². The Hall–Kier alpha value is -1.89. The number of hydrogen-bond acceptors (Lipinski definition) is 3. The van der Waals surface area contributed by atoms with E-state index in [1.54, 1.807) is 4.52 Å². The molecule has 0 bridgehead atoms. The van der Waals surface area contributed by atoms with Gasteiger partial charge in [0.15, 0.2) is 11.3 Å². The number of imidazole rings is 1. The lowest BCUT2D eigenvalue weighted by Crippen LogP contribution is -1.96. The van der Waals surface area contributed by atoms with Crippen molar-refractivity contribution in [2.75, 3.05) is 0 Å². The minimum atomic E-state index is 0.513. The van der Waals surface area contributed by atoms with Crippen LogP contribution >= 0.6 is 0 Å². The molecule has 4 nitrogen and oxygen atoms in total. The van der Waals surface area contributed by atoms with E-state index < -0.39 is 0 Å². The van der Waals surface area contributed by atoms with Gasteiger partial charge in [-0.15, -0.1) is 0 Å².